The van der Waals surface area contributed by atoms with Gasteiger partial charge >= 0.3 is 5.97 Å². The van der Waals surface area contributed by atoms with E-state index in [4.69, 9.17) is 20.3 Å². The third-order valence-electron chi connectivity index (χ3n) is 3.89. The van der Waals surface area contributed by atoms with Crippen LogP contribution >= 0.6 is 11.8 Å². The molecule has 0 saturated heterocycles. The molecule has 4 rings (SSSR count). The molecule has 0 unspecified atom stereocenters. The molecule has 3 aromatic rings. The number of fused-ring (bicyclic) bond motifs is 2. The zero-order valence-electron chi connectivity index (χ0n) is 15.4. The maximum absolute atomic E-state index is 9.24. The van der Waals surface area contributed by atoms with Crippen molar-refractivity contribution in [2.24, 2.45) is 5.73 Å². The Kier molecular flexibility index (Phi) is 5.85. The minimum atomic E-state index is -0.968. The number of ether oxygens (including phenoxy) is 2. The van der Waals surface area contributed by atoms with Crippen molar-refractivity contribution in [2.75, 3.05) is 19.1 Å². The lowest BCUT2D eigenvalue weighted by Gasteiger charge is -2.08. The lowest BCUT2D eigenvalue weighted by Crippen LogP contribution is -2.10. The number of imidazole rings is 1. The highest BCUT2D eigenvalue weighted by Gasteiger charge is 2.19. The summed E-state index contributed by atoms with van der Waals surface area (Å²) in [6.07, 6.45) is 1.46. The number of carbonyl (C=O) groups is 1. The van der Waals surface area contributed by atoms with E-state index >= 15 is 0 Å². The summed E-state index contributed by atoms with van der Waals surface area (Å²) in [5.74, 6) is 0.971. The van der Waals surface area contributed by atoms with Gasteiger partial charge in [0.05, 0.1) is 6.54 Å². The van der Waals surface area contributed by atoms with E-state index in [0.717, 1.165) is 39.3 Å². The third-order valence-corrected chi connectivity index (χ3v) is 5.04. The van der Waals surface area contributed by atoms with Gasteiger partial charge in [0.1, 0.15) is 6.33 Å². The molecule has 0 aliphatic carbocycles. The molecule has 0 spiro atoms. The fourth-order valence-corrected chi connectivity index (χ4v) is 3.58. The van der Waals surface area contributed by atoms with Crippen molar-refractivity contribution in [2.45, 2.75) is 30.4 Å². The van der Waals surface area contributed by atoms with Crippen molar-refractivity contribution >= 4 is 34.7 Å². The Bertz CT molecular complexity index is 1020. The van der Waals surface area contributed by atoms with Crippen molar-refractivity contribution in [1.82, 2.24) is 19.5 Å². The first-order valence-electron chi connectivity index (χ1n) is 8.41. The van der Waals surface area contributed by atoms with E-state index in [-0.39, 0.29) is 13.3 Å². The van der Waals surface area contributed by atoms with Gasteiger partial charge in [0.25, 0.3) is 0 Å². The van der Waals surface area contributed by atoms with Gasteiger partial charge in [0.2, 0.25) is 6.79 Å². The topological polar surface area (TPSA) is 151 Å². The highest BCUT2D eigenvalue weighted by Crippen LogP contribution is 2.40. The van der Waals surface area contributed by atoms with Gasteiger partial charge in [-0.15, -0.1) is 0 Å². The molecule has 3 heterocycles. The Balaban J connectivity index is 0.000000403. The molecule has 10 nitrogen and oxygen atoms in total. The van der Waals surface area contributed by atoms with Gasteiger partial charge < -0.3 is 30.6 Å². The highest BCUT2D eigenvalue weighted by atomic mass is 32.2. The van der Waals surface area contributed by atoms with Gasteiger partial charge in [-0.2, -0.15) is 0 Å². The lowest BCUT2D eigenvalue weighted by molar-refractivity contribution is -0.135. The van der Waals surface area contributed by atoms with E-state index in [2.05, 4.69) is 27.6 Å². The van der Waals surface area contributed by atoms with Crippen LogP contribution in [0.25, 0.3) is 11.2 Å². The van der Waals surface area contributed by atoms with Crippen LogP contribution in [0.1, 0.15) is 12.5 Å². The number of rotatable bonds is 4. The van der Waals surface area contributed by atoms with E-state index < -0.39 is 5.97 Å². The van der Waals surface area contributed by atoms with Crippen LogP contribution in [0.15, 0.2) is 28.5 Å². The van der Waals surface area contributed by atoms with E-state index in [1.54, 1.807) is 11.8 Å². The quantitative estimate of drug-likeness (QED) is 0.585. The molecule has 1 aliphatic heterocycles. The molecular formula is C17H20N6O4S. The molecule has 2 aromatic heterocycles. The number of nitrogens with two attached hydrogens (primary N) is 2. The van der Waals surface area contributed by atoms with E-state index in [1.165, 1.54) is 6.33 Å². The van der Waals surface area contributed by atoms with Gasteiger partial charge in [-0.05, 0) is 31.5 Å². The molecule has 0 amide bonds. The molecule has 0 radical (unpaired) electrons. The van der Waals surface area contributed by atoms with Crippen LogP contribution in [-0.4, -0.2) is 43.9 Å². The summed E-state index contributed by atoms with van der Waals surface area (Å²) in [5.41, 5.74) is 13.0. The summed E-state index contributed by atoms with van der Waals surface area (Å²) in [7, 11) is 0. The number of nitrogens with zero attached hydrogens (tertiary/aromatic N) is 4. The highest BCUT2D eigenvalue weighted by molar-refractivity contribution is 7.99. The number of benzene rings is 1. The maximum atomic E-state index is 9.24. The van der Waals surface area contributed by atoms with Crippen LogP contribution in [0.2, 0.25) is 0 Å². The summed E-state index contributed by atoms with van der Waals surface area (Å²) < 4.78 is 12.9. The number of nitrogen functional groups attached to an aromatic ring is 1. The number of carboxylic acid groups (broad SMARTS) is 1. The SMILES string of the molecule is CCn1c(Sc2cc3c(cc2C)OCO3)nc2c(N)ncnc21.NCC(=O)O. The molecule has 0 fully saturated rings. The van der Waals surface area contributed by atoms with Crippen molar-refractivity contribution in [1.29, 1.82) is 0 Å². The summed E-state index contributed by atoms with van der Waals surface area (Å²) in [6, 6.07) is 3.97. The van der Waals surface area contributed by atoms with Gasteiger partial charge in [-0.25, -0.2) is 15.0 Å². The van der Waals surface area contributed by atoms with Crippen LogP contribution < -0.4 is 20.9 Å². The second-order valence-electron chi connectivity index (χ2n) is 5.74. The number of hydrogen-bond acceptors (Lipinski definition) is 9. The number of anilines is 1. The monoisotopic (exact) mass is 404 g/mol. The average molecular weight is 404 g/mol. The van der Waals surface area contributed by atoms with Gasteiger partial charge in [0, 0.05) is 11.4 Å². The molecule has 1 aliphatic rings. The molecule has 5 N–H and O–H groups in total. The van der Waals surface area contributed by atoms with Gasteiger partial charge in [-0.3, -0.25) is 4.79 Å². The lowest BCUT2D eigenvalue weighted by atomic mass is 10.2. The van der Waals surface area contributed by atoms with Gasteiger partial charge in [0.15, 0.2) is 33.6 Å². The predicted octanol–water partition coefficient (Wildman–Crippen LogP) is 1.65. The minimum Gasteiger partial charge on any atom is -0.480 e. The molecule has 0 bridgehead atoms. The maximum Gasteiger partial charge on any atom is 0.317 e. The summed E-state index contributed by atoms with van der Waals surface area (Å²) >= 11 is 1.56. The average Bonchev–Trinajstić information content (AvgIpc) is 3.26. The predicted molar refractivity (Wildman–Crippen MR) is 104 cm³/mol. The Morgan fingerprint density at radius 1 is 1.32 bits per heavy atom. The van der Waals surface area contributed by atoms with Crippen LogP contribution in [0.5, 0.6) is 11.5 Å². The van der Waals surface area contributed by atoms with E-state index in [0.29, 0.717) is 11.3 Å². The Morgan fingerprint density at radius 2 is 2.00 bits per heavy atom. The summed E-state index contributed by atoms with van der Waals surface area (Å²) in [4.78, 5) is 23.2. The second-order valence-corrected chi connectivity index (χ2v) is 6.75. The fraction of sp³-hybridized carbons (Fsp3) is 0.294. The summed E-state index contributed by atoms with van der Waals surface area (Å²) in [5, 5.41) is 8.43. The number of hydrogen-bond donors (Lipinski definition) is 3. The van der Waals surface area contributed by atoms with Crippen molar-refractivity contribution in [3.63, 3.8) is 0 Å². The third kappa shape index (κ3) is 3.94. The largest absolute Gasteiger partial charge is 0.480 e. The van der Waals surface area contributed by atoms with Crippen molar-refractivity contribution in [3.8, 4) is 11.5 Å². The number of carboxylic acids is 1. The Morgan fingerprint density at radius 3 is 2.64 bits per heavy atom. The standard InChI is InChI=1S/C15H15N5O2S.C2H5NO2/c1-3-20-14-12(13(16)17-6-18-14)19-15(20)23-11-5-10-9(4-8(11)2)21-7-22-10;3-1-2(4)5/h4-6H,3,7H2,1-2H3,(H2,16,17,18);1,3H2,(H,4,5). The molecule has 28 heavy (non-hydrogen) atoms. The number of aromatic nitrogens is 4. The smallest absolute Gasteiger partial charge is 0.317 e. The van der Waals surface area contributed by atoms with Crippen molar-refractivity contribution in [3.05, 3.63) is 24.0 Å². The molecule has 1 aromatic carbocycles. The molecule has 11 heteroatoms. The second kappa shape index (κ2) is 8.31. The van der Waals surface area contributed by atoms with Crippen LogP contribution in [0.3, 0.4) is 0 Å². The molecule has 148 valence electrons. The fourth-order valence-electron chi connectivity index (χ4n) is 2.53. The zero-order chi connectivity index (χ0) is 20.3. The molecular weight excluding hydrogens is 384 g/mol. The Hall–Kier alpha value is -3.05. The summed E-state index contributed by atoms with van der Waals surface area (Å²) in [6.45, 7) is 4.83. The minimum absolute atomic E-state index is 0.266. The first-order chi connectivity index (χ1) is 13.4. The van der Waals surface area contributed by atoms with E-state index in [9.17, 15) is 4.79 Å². The first-order valence-corrected chi connectivity index (χ1v) is 9.22. The van der Waals surface area contributed by atoms with Crippen LogP contribution in [0.4, 0.5) is 5.82 Å². The van der Waals surface area contributed by atoms with Crippen LogP contribution in [-0.2, 0) is 11.3 Å². The van der Waals surface area contributed by atoms with Gasteiger partial charge in [-0.1, -0.05) is 11.8 Å². The van der Waals surface area contributed by atoms with Crippen LogP contribution in [0, 0.1) is 6.92 Å². The normalized spacial score (nSPS) is 12.0. The molecule has 0 atom stereocenters. The zero-order valence-corrected chi connectivity index (χ0v) is 16.2. The van der Waals surface area contributed by atoms with E-state index in [1.807, 2.05) is 23.6 Å². The molecule has 0 saturated carbocycles. The Labute approximate surface area is 164 Å². The number of aliphatic carboxylic acids is 1. The van der Waals surface area contributed by atoms with Crippen molar-refractivity contribution < 1.29 is 19.4 Å². The number of aryl methyl sites for hydroxylation is 2. The first kappa shape index (κ1) is 19.7.